The van der Waals surface area contributed by atoms with Crippen LogP contribution in [0, 0.1) is 6.92 Å². The fourth-order valence-corrected chi connectivity index (χ4v) is 2.61. The molecule has 2 aromatic carbocycles. The van der Waals surface area contributed by atoms with Gasteiger partial charge in [-0.05, 0) is 43.2 Å². The molecular weight excluding hydrogens is 332 g/mol. The number of aryl methyl sites for hydroxylation is 1. The van der Waals surface area contributed by atoms with Crippen molar-refractivity contribution in [2.45, 2.75) is 20.5 Å². The Morgan fingerprint density at radius 2 is 1.85 bits per heavy atom. The van der Waals surface area contributed by atoms with E-state index in [0.717, 1.165) is 11.1 Å². The highest BCUT2D eigenvalue weighted by atomic mass is 16.5. The Morgan fingerprint density at radius 1 is 1.00 bits per heavy atom. The SMILES string of the molecule is CCOc1cc(/C=C2/NC(=O)NC2=O)ccc1OCc1cccc(C)c1. The second kappa shape index (κ2) is 7.74. The van der Waals surface area contributed by atoms with E-state index in [2.05, 4.69) is 16.7 Å². The molecule has 0 bridgehead atoms. The van der Waals surface area contributed by atoms with Crippen molar-refractivity contribution in [3.8, 4) is 11.5 Å². The molecule has 2 N–H and O–H groups in total. The summed E-state index contributed by atoms with van der Waals surface area (Å²) in [5, 5.41) is 4.63. The zero-order valence-corrected chi connectivity index (χ0v) is 14.7. The molecule has 1 aliphatic heterocycles. The van der Waals surface area contributed by atoms with Crippen molar-refractivity contribution in [3.63, 3.8) is 0 Å². The van der Waals surface area contributed by atoms with Gasteiger partial charge in [-0.15, -0.1) is 0 Å². The third-order valence-corrected chi connectivity index (χ3v) is 3.78. The number of rotatable bonds is 6. The topological polar surface area (TPSA) is 76.7 Å². The van der Waals surface area contributed by atoms with Crippen LogP contribution >= 0.6 is 0 Å². The van der Waals surface area contributed by atoms with Gasteiger partial charge in [0.25, 0.3) is 5.91 Å². The molecule has 1 aliphatic rings. The van der Waals surface area contributed by atoms with Crippen LogP contribution in [0.15, 0.2) is 48.2 Å². The van der Waals surface area contributed by atoms with Crippen molar-refractivity contribution in [1.82, 2.24) is 10.6 Å². The van der Waals surface area contributed by atoms with Gasteiger partial charge in [0.1, 0.15) is 12.3 Å². The number of imide groups is 1. The number of benzene rings is 2. The predicted octanol–water partition coefficient (Wildman–Crippen LogP) is 3.15. The molecule has 1 heterocycles. The molecule has 0 saturated carbocycles. The predicted molar refractivity (Wildman–Crippen MR) is 97.8 cm³/mol. The van der Waals surface area contributed by atoms with Crippen molar-refractivity contribution < 1.29 is 19.1 Å². The number of ether oxygens (including phenoxy) is 2. The highest BCUT2D eigenvalue weighted by Crippen LogP contribution is 2.30. The maximum absolute atomic E-state index is 11.6. The molecule has 26 heavy (non-hydrogen) atoms. The second-order valence-electron chi connectivity index (χ2n) is 5.88. The Labute approximate surface area is 151 Å². The maximum Gasteiger partial charge on any atom is 0.326 e. The average molecular weight is 352 g/mol. The minimum absolute atomic E-state index is 0.200. The Bertz CT molecular complexity index is 874. The summed E-state index contributed by atoms with van der Waals surface area (Å²) in [5.74, 6) is 0.752. The molecule has 0 atom stereocenters. The average Bonchev–Trinajstić information content (AvgIpc) is 2.92. The van der Waals surface area contributed by atoms with Crippen molar-refractivity contribution >= 4 is 18.0 Å². The lowest BCUT2D eigenvalue weighted by Gasteiger charge is -2.13. The van der Waals surface area contributed by atoms with Crippen LogP contribution in [-0.2, 0) is 11.4 Å². The van der Waals surface area contributed by atoms with Crippen LogP contribution in [0.3, 0.4) is 0 Å². The summed E-state index contributed by atoms with van der Waals surface area (Å²) in [6.07, 6.45) is 1.59. The zero-order valence-electron chi connectivity index (χ0n) is 14.7. The first kappa shape index (κ1) is 17.5. The molecule has 1 saturated heterocycles. The lowest BCUT2D eigenvalue weighted by atomic mass is 10.1. The van der Waals surface area contributed by atoms with Crippen LogP contribution in [-0.4, -0.2) is 18.5 Å². The van der Waals surface area contributed by atoms with Gasteiger partial charge in [-0.25, -0.2) is 4.79 Å². The number of hydrogen-bond acceptors (Lipinski definition) is 4. The molecule has 134 valence electrons. The highest BCUT2D eigenvalue weighted by molar-refractivity contribution is 6.14. The Morgan fingerprint density at radius 3 is 2.54 bits per heavy atom. The molecule has 0 unspecified atom stereocenters. The number of urea groups is 1. The van der Waals surface area contributed by atoms with Crippen molar-refractivity contribution in [2.24, 2.45) is 0 Å². The maximum atomic E-state index is 11.6. The summed E-state index contributed by atoms with van der Waals surface area (Å²) in [6.45, 7) is 4.84. The van der Waals surface area contributed by atoms with E-state index in [1.165, 1.54) is 5.56 Å². The van der Waals surface area contributed by atoms with Gasteiger partial charge in [-0.2, -0.15) is 0 Å². The molecule has 0 aromatic heterocycles. The van der Waals surface area contributed by atoms with E-state index in [1.807, 2.05) is 32.0 Å². The molecule has 0 aliphatic carbocycles. The van der Waals surface area contributed by atoms with Gasteiger partial charge in [0.15, 0.2) is 11.5 Å². The molecule has 0 spiro atoms. The molecule has 3 rings (SSSR count). The van der Waals surface area contributed by atoms with Crippen molar-refractivity contribution in [2.75, 3.05) is 6.61 Å². The molecule has 6 nitrogen and oxygen atoms in total. The summed E-state index contributed by atoms with van der Waals surface area (Å²) < 4.78 is 11.6. The van der Waals surface area contributed by atoms with Gasteiger partial charge >= 0.3 is 6.03 Å². The van der Waals surface area contributed by atoms with E-state index in [1.54, 1.807) is 24.3 Å². The monoisotopic (exact) mass is 352 g/mol. The first-order valence-electron chi connectivity index (χ1n) is 8.34. The quantitative estimate of drug-likeness (QED) is 0.618. The fraction of sp³-hybridized carbons (Fsp3) is 0.200. The lowest BCUT2D eigenvalue weighted by Crippen LogP contribution is -2.22. The molecule has 6 heteroatoms. The van der Waals surface area contributed by atoms with Gasteiger partial charge in [0.2, 0.25) is 0 Å². The van der Waals surface area contributed by atoms with Gasteiger partial charge in [-0.3, -0.25) is 10.1 Å². The standard InChI is InChI=1S/C20H20N2O4/c1-3-25-18-11-14(10-16-19(23)22-20(24)21-16)7-8-17(18)26-12-15-6-4-5-13(2)9-15/h4-11H,3,12H2,1-2H3,(H2,21,22,23,24)/b16-10+. The van der Waals surface area contributed by atoms with Crippen LogP contribution in [0.1, 0.15) is 23.6 Å². The third-order valence-electron chi connectivity index (χ3n) is 3.78. The van der Waals surface area contributed by atoms with E-state index in [4.69, 9.17) is 9.47 Å². The minimum Gasteiger partial charge on any atom is -0.490 e. The summed E-state index contributed by atoms with van der Waals surface area (Å²) in [5.41, 5.74) is 3.17. The number of amides is 3. The lowest BCUT2D eigenvalue weighted by molar-refractivity contribution is -0.115. The largest absolute Gasteiger partial charge is 0.490 e. The molecule has 2 aromatic rings. The molecule has 3 amide bonds. The van der Waals surface area contributed by atoms with Gasteiger partial charge in [0, 0.05) is 0 Å². The minimum atomic E-state index is -0.524. The van der Waals surface area contributed by atoms with Crippen molar-refractivity contribution in [3.05, 3.63) is 64.9 Å². The third kappa shape index (κ3) is 4.22. The van der Waals surface area contributed by atoms with Gasteiger partial charge in [-0.1, -0.05) is 35.9 Å². The van der Waals surface area contributed by atoms with Gasteiger partial charge in [0.05, 0.1) is 6.61 Å². The number of nitrogens with one attached hydrogen (secondary N) is 2. The first-order valence-corrected chi connectivity index (χ1v) is 8.34. The van der Waals surface area contributed by atoms with Crippen LogP contribution in [0.25, 0.3) is 6.08 Å². The van der Waals surface area contributed by atoms with E-state index in [-0.39, 0.29) is 5.70 Å². The Kier molecular flexibility index (Phi) is 5.22. The van der Waals surface area contributed by atoms with Crippen LogP contribution in [0.4, 0.5) is 4.79 Å². The molecular formula is C20H20N2O4. The fourth-order valence-electron chi connectivity index (χ4n) is 2.61. The summed E-state index contributed by atoms with van der Waals surface area (Å²) in [6, 6.07) is 13.0. The van der Waals surface area contributed by atoms with Crippen LogP contribution in [0.2, 0.25) is 0 Å². The van der Waals surface area contributed by atoms with E-state index < -0.39 is 11.9 Å². The van der Waals surface area contributed by atoms with E-state index in [0.29, 0.717) is 24.7 Å². The Balaban J connectivity index is 1.79. The number of hydrogen-bond donors (Lipinski definition) is 2. The summed E-state index contributed by atoms with van der Waals surface area (Å²) in [4.78, 5) is 22.8. The van der Waals surface area contributed by atoms with Crippen LogP contribution in [0.5, 0.6) is 11.5 Å². The molecule has 1 fully saturated rings. The smallest absolute Gasteiger partial charge is 0.326 e. The van der Waals surface area contributed by atoms with Crippen LogP contribution < -0.4 is 20.1 Å². The number of carbonyl (C=O) groups is 2. The van der Waals surface area contributed by atoms with Gasteiger partial charge < -0.3 is 14.8 Å². The highest BCUT2D eigenvalue weighted by Gasteiger charge is 2.22. The first-order chi connectivity index (χ1) is 12.5. The summed E-state index contributed by atoms with van der Waals surface area (Å²) in [7, 11) is 0. The van der Waals surface area contributed by atoms with Crippen molar-refractivity contribution in [1.29, 1.82) is 0 Å². The van der Waals surface area contributed by atoms with E-state index >= 15 is 0 Å². The number of carbonyl (C=O) groups excluding carboxylic acids is 2. The normalized spacial score (nSPS) is 14.9. The Hall–Kier alpha value is -3.28. The zero-order chi connectivity index (χ0) is 18.5. The molecule has 0 radical (unpaired) electrons. The van der Waals surface area contributed by atoms with E-state index in [9.17, 15) is 9.59 Å². The summed E-state index contributed by atoms with van der Waals surface area (Å²) >= 11 is 0. The second-order valence-corrected chi connectivity index (χ2v) is 5.88.